The first-order valence-corrected chi connectivity index (χ1v) is 17.3. The van der Waals surface area contributed by atoms with Crippen molar-refractivity contribution in [3.63, 3.8) is 0 Å². The van der Waals surface area contributed by atoms with Crippen LogP contribution in [0.15, 0.2) is 64.1 Å². The fourth-order valence-corrected chi connectivity index (χ4v) is 9.04. The number of piperazine rings is 1. The number of alkyl halides is 1. The predicted octanol–water partition coefficient (Wildman–Crippen LogP) is 6.53. The van der Waals surface area contributed by atoms with E-state index in [4.69, 9.17) is 28.2 Å². The third-order valence-electron chi connectivity index (χ3n) is 10.1. The number of carbonyl (C=O) groups is 2. The first-order valence-electron chi connectivity index (χ1n) is 15.7. The van der Waals surface area contributed by atoms with Gasteiger partial charge in [0.25, 0.3) is 5.91 Å². The third kappa shape index (κ3) is 5.28. The molecule has 2 amide bonds. The van der Waals surface area contributed by atoms with Crippen molar-refractivity contribution in [1.82, 2.24) is 20.0 Å². The maximum atomic E-state index is 15.1. The molecule has 0 unspecified atom stereocenters. The summed E-state index contributed by atoms with van der Waals surface area (Å²) in [6, 6.07) is 14.4. The minimum Gasteiger partial charge on any atom is -0.335 e. The first kappa shape index (κ1) is 31.0. The Morgan fingerprint density at radius 1 is 1.04 bits per heavy atom. The molecule has 4 heterocycles. The maximum absolute atomic E-state index is 15.1. The Morgan fingerprint density at radius 3 is 2.31 bits per heavy atom. The summed E-state index contributed by atoms with van der Waals surface area (Å²) in [5.74, 6) is -0.496. The van der Waals surface area contributed by atoms with E-state index >= 15 is 4.39 Å². The molecular formula is C34H38Cl2FN5O2S. The molecule has 5 aliphatic rings. The number of likely N-dealkylation sites (tertiary alicyclic amines) is 1. The highest BCUT2D eigenvalue weighted by molar-refractivity contribution is 8.18. The zero-order chi connectivity index (χ0) is 31.8. The summed E-state index contributed by atoms with van der Waals surface area (Å²) in [4.78, 5) is 39.9. The van der Waals surface area contributed by atoms with Crippen molar-refractivity contribution in [3.05, 3.63) is 80.3 Å². The van der Waals surface area contributed by atoms with E-state index in [9.17, 15) is 9.59 Å². The lowest BCUT2D eigenvalue weighted by Gasteiger charge is -2.41. The molecule has 0 aromatic heterocycles. The predicted molar refractivity (Wildman–Crippen MR) is 178 cm³/mol. The van der Waals surface area contributed by atoms with Gasteiger partial charge in [-0.3, -0.25) is 9.59 Å². The molecule has 0 bridgehead atoms. The highest BCUT2D eigenvalue weighted by Crippen LogP contribution is 2.56. The molecule has 4 aliphatic heterocycles. The number of rotatable bonds is 5. The van der Waals surface area contributed by atoms with Crippen LogP contribution in [0, 0.1) is 5.92 Å². The van der Waals surface area contributed by atoms with Crippen LogP contribution in [0.2, 0.25) is 10.0 Å². The number of hydrogen-bond acceptors (Lipinski definition) is 6. The number of benzene rings is 2. The number of nitrogens with zero attached hydrogens (tertiary/aromatic N) is 4. The van der Waals surface area contributed by atoms with E-state index in [0.717, 1.165) is 29.7 Å². The number of allylic oxidation sites excluding steroid dienone is 1. The zero-order valence-electron chi connectivity index (χ0n) is 25.9. The average Bonchev–Trinajstić information content (AvgIpc) is 3.33. The minimum absolute atomic E-state index is 0.0175. The van der Waals surface area contributed by atoms with Crippen LogP contribution in [0.5, 0.6) is 0 Å². The topological polar surface area (TPSA) is 68.2 Å². The van der Waals surface area contributed by atoms with Gasteiger partial charge in [-0.15, -0.1) is 0 Å². The highest BCUT2D eigenvalue weighted by Gasteiger charge is 2.55. The molecular weight excluding hydrogens is 632 g/mol. The van der Waals surface area contributed by atoms with Gasteiger partial charge in [0.1, 0.15) is 22.7 Å². The number of aliphatic imine (C=N–C) groups is 1. The average molecular weight is 671 g/mol. The Bertz CT molecular complexity index is 1590. The molecule has 0 radical (unpaired) electrons. The molecule has 7 rings (SSSR count). The van der Waals surface area contributed by atoms with Crippen LogP contribution in [-0.2, 0) is 15.1 Å². The van der Waals surface area contributed by atoms with Crippen molar-refractivity contribution < 1.29 is 14.0 Å². The Kier molecular flexibility index (Phi) is 7.78. The van der Waals surface area contributed by atoms with Crippen LogP contribution in [0.1, 0.15) is 64.1 Å². The normalized spacial score (nSPS) is 30.4. The van der Waals surface area contributed by atoms with Gasteiger partial charge < -0.3 is 20.0 Å². The number of thioether (sulfide) groups is 1. The van der Waals surface area contributed by atoms with Crippen molar-refractivity contribution in [2.45, 2.75) is 82.3 Å². The largest absolute Gasteiger partial charge is 0.335 e. The Balaban J connectivity index is 1.25. The standard InChI is InChI=1S/C34H38Cl2FN5O2S/c1-19(2)27-28(31(44)40-17-25(37)15-26(40)30(43)41-18-34(13-14-34)38-16-20(41)3)45-32-39-33(4,22-7-11-24(36)12-8-22)29(42(27)32)21-5-9-23(35)10-6-21/h5-12,19-20,25-26,29,38H,13-18H2,1-4H3/t20-,25-,26+,29-,33+/m1/s1. The van der Waals surface area contributed by atoms with Crippen LogP contribution in [-0.4, -0.2) is 75.1 Å². The van der Waals surface area contributed by atoms with E-state index in [1.165, 1.54) is 16.7 Å². The molecule has 2 saturated heterocycles. The second-order valence-electron chi connectivity index (χ2n) is 13.6. The zero-order valence-corrected chi connectivity index (χ0v) is 28.2. The third-order valence-corrected chi connectivity index (χ3v) is 11.6. The van der Waals surface area contributed by atoms with E-state index in [0.29, 0.717) is 33.2 Å². The van der Waals surface area contributed by atoms with E-state index in [1.807, 2.05) is 60.4 Å². The lowest BCUT2D eigenvalue weighted by atomic mass is 9.81. The van der Waals surface area contributed by atoms with Crippen LogP contribution in [0.4, 0.5) is 4.39 Å². The quantitative estimate of drug-likeness (QED) is 0.392. The molecule has 2 aromatic rings. The molecule has 3 fully saturated rings. The minimum atomic E-state index is -1.25. The fourth-order valence-electron chi connectivity index (χ4n) is 7.42. The molecule has 11 heteroatoms. The summed E-state index contributed by atoms with van der Waals surface area (Å²) in [5, 5.41) is 5.56. The number of amides is 2. The summed E-state index contributed by atoms with van der Waals surface area (Å²) in [6.07, 6.45) is 0.838. The molecule has 5 atom stereocenters. The van der Waals surface area contributed by atoms with E-state index in [-0.39, 0.29) is 48.3 Å². The van der Waals surface area contributed by atoms with Gasteiger partial charge in [0.05, 0.1) is 12.6 Å². The Labute approximate surface area is 278 Å². The molecule has 1 aliphatic carbocycles. The molecule has 7 nitrogen and oxygen atoms in total. The van der Waals surface area contributed by atoms with Gasteiger partial charge in [-0.2, -0.15) is 0 Å². The van der Waals surface area contributed by atoms with Crippen molar-refractivity contribution in [2.75, 3.05) is 19.6 Å². The van der Waals surface area contributed by atoms with Crippen molar-refractivity contribution >= 4 is 51.9 Å². The van der Waals surface area contributed by atoms with Crippen LogP contribution < -0.4 is 5.32 Å². The van der Waals surface area contributed by atoms with E-state index < -0.39 is 17.8 Å². The molecule has 238 valence electrons. The molecule has 1 saturated carbocycles. The smallest absolute Gasteiger partial charge is 0.263 e. The molecule has 1 spiro atoms. The second kappa shape index (κ2) is 11.3. The number of fused-ring (bicyclic) bond motifs is 1. The SMILES string of the molecule is CC(C)C1=C(C(=O)N2C[C@H](F)C[C@H]2C(=O)N2CC3(CC3)NC[C@H]2C)SC2=N[C@@](C)(c3ccc(Cl)cc3)[C@@H](c3ccc(Cl)cc3)N21. The fraction of sp³-hybridized carbons (Fsp3) is 0.500. The Morgan fingerprint density at radius 2 is 1.69 bits per heavy atom. The van der Waals surface area contributed by atoms with Crippen LogP contribution >= 0.6 is 35.0 Å². The lowest BCUT2D eigenvalue weighted by molar-refractivity contribution is -0.144. The molecule has 1 N–H and O–H groups in total. The van der Waals surface area contributed by atoms with Gasteiger partial charge in [0.2, 0.25) is 5.91 Å². The van der Waals surface area contributed by atoms with Crippen molar-refractivity contribution in [3.8, 4) is 0 Å². The second-order valence-corrected chi connectivity index (χ2v) is 15.5. The summed E-state index contributed by atoms with van der Waals surface area (Å²) in [5.41, 5.74) is 2.12. The number of carbonyl (C=O) groups excluding carboxylic acids is 2. The van der Waals surface area contributed by atoms with Crippen molar-refractivity contribution in [2.24, 2.45) is 10.9 Å². The van der Waals surface area contributed by atoms with Crippen LogP contribution in [0.25, 0.3) is 0 Å². The monoisotopic (exact) mass is 669 g/mol. The first-order chi connectivity index (χ1) is 21.4. The number of nitrogens with one attached hydrogen (secondary N) is 1. The number of amidine groups is 1. The van der Waals surface area contributed by atoms with Gasteiger partial charge in [-0.05, 0) is 79.8 Å². The molecule has 45 heavy (non-hydrogen) atoms. The summed E-state index contributed by atoms with van der Waals surface area (Å²) in [6.45, 7) is 9.46. The lowest BCUT2D eigenvalue weighted by Crippen LogP contribution is -2.61. The van der Waals surface area contributed by atoms with E-state index in [2.05, 4.69) is 31.0 Å². The van der Waals surface area contributed by atoms with E-state index in [1.54, 1.807) is 0 Å². The Hall–Kier alpha value is -2.59. The number of hydrogen-bond donors (Lipinski definition) is 1. The molecule has 2 aromatic carbocycles. The van der Waals surface area contributed by atoms with Gasteiger partial charge >= 0.3 is 0 Å². The van der Waals surface area contributed by atoms with Gasteiger partial charge in [-0.25, -0.2) is 9.38 Å². The maximum Gasteiger partial charge on any atom is 0.263 e. The van der Waals surface area contributed by atoms with Gasteiger partial charge in [-0.1, -0.05) is 61.3 Å². The summed E-state index contributed by atoms with van der Waals surface area (Å²) in [7, 11) is 0. The van der Waals surface area contributed by atoms with Gasteiger partial charge in [0.15, 0.2) is 5.17 Å². The summed E-state index contributed by atoms with van der Waals surface area (Å²) >= 11 is 13.9. The summed E-state index contributed by atoms with van der Waals surface area (Å²) < 4.78 is 15.1. The van der Waals surface area contributed by atoms with Gasteiger partial charge in [0, 0.05) is 46.8 Å². The van der Waals surface area contributed by atoms with Crippen molar-refractivity contribution in [1.29, 1.82) is 0 Å². The highest BCUT2D eigenvalue weighted by atomic mass is 35.5. The number of halogens is 3. The van der Waals surface area contributed by atoms with Crippen LogP contribution in [0.3, 0.4) is 0 Å².